The summed E-state index contributed by atoms with van der Waals surface area (Å²) in [5.74, 6) is 0.0623. The Hall–Kier alpha value is -2.63. The number of carbonyl (C=O) groups excluding carboxylic acids is 1. The summed E-state index contributed by atoms with van der Waals surface area (Å²) in [4.78, 5) is 20.7. The van der Waals surface area contributed by atoms with Gasteiger partial charge in [-0.2, -0.15) is 0 Å². The molecule has 0 saturated carbocycles. The summed E-state index contributed by atoms with van der Waals surface area (Å²) in [5.41, 5.74) is 3.93. The minimum absolute atomic E-state index is 0.322. The molecule has 0 radical (unpaired) electrons. The minimum atomic E-state index is -0.354. The van der Waals surface area contributed by atoms with Crippen molar-refractivity contribution in [2.45, 2.75) is 13.8 Å². The van der Waals surface area contributed by atoms with Gasteiger partial charge in [-0.15, -0.1) is 0 Å². The van der Waals surface area contributed by atoms with E-state index in [-0.39, 0.29) is 5.91 Å². The van der Waals surface area contributed by atoms with Gasteiger partial charge in [-0.3, -0.25) is 4.79 Å². The number of anilines is 3. The predicted octanol–water partition coefficient (Wildman–Crippen LogP) is 5.40. The van der Waals surface area contributed by atoms with Crippen LogP contribution in [0.4, 0.5) is 17.3 Å². The van der Waals surface area contributed by atoms with Gasteiger partial charge in [0.25, 0.3) is 5.91 Å². The molecule has 0 spiro atoms. The van der Waals surface area contributed by atoms with E-state index >= 15 is 0 Å². The van der Waals surface area contributed by atoms with Crippen molar-refractivity contribution in [2.24, 2.45) is 0 Å². The van der Waals surface area contributed by atoms with Gasteiger partial charge in [0, 0.05) is 23.1 Å². The van der Waals surface area contributed by atoms with Crippen molar-refractivity contribution in [1.82, 2.24) is 9.97 Å². The van der Waals surface area contributed by atoms with Crippen LogP contribution in [0, 0.1) is 13.8 Å². The van der Waals surface area contributed by atoms with Gasteiger partial charge in [-0.05, 0) is 49.2 Å². The molecule has 0 atom stereocenters. The third-order valence-corrected chi connectivity index (χ3v) is 4.28. The fourth-order valence-corrected chi connectivity index (χ4v) is 2.74. The number of rotatable bonds is 4. The molecule has 2 N–H and O–H groups in total. The summed E-state index contributed by atoms with van der Waals surface area (Å²) in [6.45, 7) is 4.01. The van der Waals surface area contributed by atoms with Crippen molar-refractivity contribution in [3.8, 4) is 0 Å². The van der Waals surface area contributed by atoms with Gasteiger partial charge in [0.15, 0.2) is 0 Å². The van der Waals surface area contributed by atoms with E-state index in [2.05, 4.69) is 20.6 Å². The summed E-state index contributed by atoms with van der Waals surface area (Å²) >= 11 is 11.9. The number of aromatic nitrogens is 2. The molecule has 1 amide bonds. The van der Waals surface area contributed by atoms with Crippen LogP contribution in [0.5, 0.6) is 0 Å². The number of nitrogens with zero attached hydrogens (tertiary/aromatic N) is 2. The number of aryl methyl sites for hydroxylation is 2. The van der Waals surface area contributed by atoms with Gasteiger partial charge in [0.05, 0.1) is 16.3 Å². The predicted molar refractivity (Wildman–Crippen MR) is 106 cm³/mol. The molecule has 1 aromatic heterocycles. The Morgan fingerprint density at radius 1 is 0.962 bits per heavy atom. The van der Waals surface area contributed by atoms with E-state index < -0.39 is 0 Å². The molecule has 3 aromatic rings. The van der Waals surface area contributed by atoms with E-state index in [0.717, 1.165) is 16.8 Å². The standard InChI is InChI=1S/C19H16Cl2N4O/c1-11-3-4-12(2)17(7-11)25-19-22-9-13(10-23-19)18(26)24-16-6-5-14(20)8-15(16)21/h3-10H,1-2H3,(H,24,26)(H,22,23,25). The van der Waals surface area contributed by atoms with Crippen molar-refractivity contribution in [2.75, 3.05) is 10.6 Å². The largest absolute Gasteiger partial charge is 0.324 e. The van der Waals surface area contributed by atoms with Crippen molar-refractivity contribution < 1.29 is 4.79 Å². The zero-order chi connectivity index (χ0) is 18.7. The number of nitrogens with one attached hydrogen (secondary N) is 2. The summed E-state index contributed by atoms with van der Waals surface area (Å²) < 4.78 is 0. The molecule has 2 aromatic carbocycles. The Bertz CT molecular complexity index is 958. The molecule has 0 aliphatic heterocycles. The molecule has 0 aliphatic rings. The first-order valence-corrected chi connectivity index (χ1v) is 8.61. The highest BCUT2D eigenvalue weighted by Crippen LogP contribution is 2.26. The van der Waals surface area contributed by atoms with Crippen molar-refractivity contribution in [3.05, 3.63) is 75.5 Å². The summed E-state index contributed by atoms with van der Waals surface area (Å²) in [7, 11) is 0. The van der Waals surface area contributed by atoms with Gasteiger partial charge in [0.2, 0.25) is 5.95 Å². The van der Waals surface area contributed by atoms with Crippen molar-refractivity contribution in [3.63, 3.8) is 0 Å². The van der Waals surface area contributed by atoms with E-state index in [1.165, 1.54) is 12.4 Å². The molecule has 0 aliphatic carbocycles. The maximum atomic E-state index is 12.3. The van der Waals surface area contributed by atoms with E-state index in [4.69, 9.17) is 23.2 Å². The molecule has 0 saturated heterocycles. The molecule has 5 nitrogen and oxygen atoms in total. The van der Waals surface area contributed by atoms with Gasteiger partial charge in [0.1, 0.15) is 0 Å². The van der Waals surface area contributed by atoms with E-state index in [9.17, 15) is 4.79 Å². The van der Waals surface area contributed by atoms with E-state index in [1.54, 1.807) is 18.2 Å². The zero-order valence-electron chi connectivity index (χ0n) is 14.2. The Labute approximate surface area is 161 Å². The Morgan fingerprint density at radius 3 is 2.38 bits per heavy atom. The fraction of sp³-hybridized carbons (Fsp3) is 0.105. The van der Waals surface area contributed by atoms with Crippen LogP contribution < -0.4 is 10.6 Å². The number of halogens is 2. The van der Waals surface area contributed by atoms with Gasteiger partial charge in [-0.25, -0.2) is 9.97 Å². The highest BCUT2D eigenvalue weighted by molar-refractivity contribution is 6.36. The third-order valence-electron chi connectivity index (χ3n) is 3.73. The number of hydrogen-bond acceptors (Lipinski definition) is 4. The van der Waals surface area contributed by atoms with Crippen LogP contribution in [0.2, 0.25) is 10.0 Å². The summed E-state index contributed by atoms with van der Waals surface area (Å²) in [5, 5.41) is 6.72. The second kappa shape index (κ2) is 7.72. The van der Waals surface area contributed by atoms with E-state index in [1.807, 2.05) is 32.0 Å². The molecule has 3 rings (SSSR count). The first kappa shape index (κ1) is 18.2. The van der Waals surface area contributed by atoms with Crippen LogP contribution >= 0.6 is 23.2 Å². The van der Waals surface area contributed by atoms with Crippen LogP contribution in [0.1, 0.15) is 21.5 Å². The number of amides is 1. The fourth-order valence-electron chi connectivity index (χ4n) is 2.29. The highest BCUT2D eigenvalue weighted by atomic mass is 35.5. The molecule has 1 heterocycles. The number of benzene rings is 2. The summed E-state index contributed by atoms with van der Waals surface area (Å²) in [6, 6.07) is 10.9. The highest BCUT2D eigenvalue weighted by Gasteiger charge is 2.10. The Morgan fingerprint density at radius 2 is 1.69 bits per heavy atom. The summed E-state index contributed by atoms with van der Waals surface area (Å²) in [6.07, 6.45) is 2.92. The van der Waals surface area contributed by atoms with Gasteiger partial charge < -0.3 is 10.6 Å². The molecular formula is C19H16Cl2N4O. The lowest BCUT2D eigenvalue weighted by Crippen LogP contribution is -2.13. The monoisotopic (exact) mass is 386 g/mol. The van der Waals surface area contributed by atoms with Crippen LogP contribution in [0.25, 0.3) is 0 Å². The van der Waals surface area contributed by atoms with Crippen molar-refractivity contribution >= 4 is 46.4 Å². The lowest BCUT2D eigenvalue weighted by atomic mass is 10.1. The van der Waals surface area contributed by atoms with Crippen molar-refractivity contribution in [1.29, 1.82) is 0 Å². The van der Waals surface area contributed by atoms with Crippen LogP contribution in [-0.2, 0) is 0 Å². The smallest absolute Gasteiger partial charge is 0.258 e. The quantitative estimate of drug-likeness (QED) is 0.629. The lowest BCUT2D eigenvalue weighted by molar-refractivity contribution is 0.102. The molecule has 0 unspecified atom stereocenters. The number of carbonyl (C=O) groups is 1. The average Bonchev–Trinajstić information content (AvgIpc) is 2.61. The normalized spacial score (nSPS) is 10.5. The SMILES string of the molecule is Cc1ccc(C)c(Nc2ncc(C(=O)Nc3ccc(Cl)cc3Cl)cn2)c1. The topological polar surface area (TPSA) is 66.9 Å². The average molecular weight is 387 g/mol. The maximum absolute atomic E-state index is 12.3. The second-order valence-corrected chi connectivity index (χ2v) is 6.66. The zero-order valence-corrected chi connectivity index (χ0v) is 15.7. The maximum Gasteiger partial charge on any atom is 0.258 e. The molecular weight excluding hydrogens is 371 g/mol. The van der Waals surface area contributed by atoms with Crippen LogP contribution in [0.15, 0.2) is 48.8 Å². The van der Waals surface area contributed by atoms with Crippen LogP contribution in [-0.4, -0.2) is 15.9 Å². The molecule has 132 valence electrons. The molecule has 7 heteroatoms. The molecule has 0 fully saturated rings. The lowest BCUT2D eigenvalue weighted by Gasteiger charge is -2.10. The van der Waals surface area contributed by atoms with Gasteiger partial charge in [-0.1, -0.05) is 35.3 Å². The Balaban J connectivity index is 1.72. The first-order valence-electron chi connectivity index (χ1n) is 7.85. The first-order chi connectivity index (χ1) is 12.4. The Kier molecular flexibility index (Phi) is 5.40. The number of hydrogen-bond donors (Lipinski definition) is 2. The van der Waals surface area contributed by atoms with E-state index in [0.29, 0.717) is 27.2 Å². The van der Waals surface area contributed by atoms with Gasteiger partial charge >= 0.3 is 0 Å². The molecule has 26 heavy (non-hydrogen) atoms. The second-order valence-electron chi connectivity index (χ2n) is 5.82. The minimum Gasteiger partial charge on any atom is -0.324 e. The third kappa shape index (κ3) is 4.31. The molecule has 0 bridgehead atoms. The van der Waals surface area contributed by atoms with Crippen LogP contribution in [0.3, 0.4) is 0 Å².